The molecule has 7 heteroatoms. The SMILES string of the molecule is COC(=O)C1(C(=O)OC)CC(n2cccc2-c2ccccc2)ON1c1ccccc1. The largest absolute Gasteiger partial charge is 0.467 e. The Morgan fingerprint density at radius 3 is 2.10 bits per heavy atom. The van der Waals surface area contributed by atoms with Crippen LogP contribution in [0.3, 0.4) is 0 Å². The van der Waals surface area contributed by atoms with Crippen molar-refractivity contribution in [2.24, 2.45) is 0 Å². The number of anilines is 1. The molecule has 3 aromatic rings. The highest BCUT2D eigenvalue weighted by Crippen LogP contribution is 2.43. The van der Waals surface area contributed by atoms with Gasteiger partial charge in [0.1, 0.15) is 0 Å². The van der Waals surface area contributed by atoms with Gasteiger partial charge in [-0.1, -0.05) is 48.5 Å². The molecule has 1 atom stereocenters. The van der Waals surface area contributed by atoms with Crippen LogP contribution in [-0.2, 0) is 23.9 Å². The summed E-state index contributed by atoms with van der Waals surface area (Å²) in [6.45, 7) is 0. The number of nitrogens with zero attached hydrogens (tertiary/aromatic N) is 2. The zero-order valence-corrected chi connectivity index (χ0v) is 16.7. The number of benzene rings is 2. The van der Waals surface area contributed by atoms with Gasteiger partial charge in [0.05, 0.1) is 25.6 Å². The van der Waals surface area contributed by atoms with Crippen molar-refractivity contribution >= 4 is 17.6 Å². The van der Waals surface area contributed by atoms with Crippen LogP contribution in [0.15, 0.2) is 79.0 Å². The Balaban J connectivity index is 1.82. The van der Waals surface area contributed by atoms with Crippen LogP contribution in [0.1, 0.15) is 12.6 Å². The van der Waals surface area contributed by atoms with Gasteiger partial charge in [-0.3, -0.25) is 0 Å². The molecular weight excluding hydrogens is 384 g/mol. The van der Waals surface area contributed by atoms with Crippen LogP contribution >= 0.6 is 0 Å². The van der Waals surface area contributed by atoms with Gasteiger partial charge in [0, 0.05) is 12.6 Å². The number of ether oxygens (including phenoxy) is 2. The lowest BCUT2D eigenvalue weighted by Gasteiger charge is -2.31. The molecule has 0 bridgehead atoms. The summed E-state index contributed by atoms with van der Waals surface area (Å²) in [6.07, 6.45) is 1.25. The number of carbonyl (C=O) groups excluding carboxylic acids is 2. The van der Waals surface area contributed by atoms with Crippen molar-refractivity contribution in [3.05, 3.63) is 79.0 Å². The maximum atomic E-state index is 12.9. The van der Waals surface area contributed by atoms with Gasteiger partial charge >= 0.3 is 11.9 Å². The molecule has 1 aliphatic rings. The fraction of sp³-hybridized carbons (Fsp3) is 0.217. The van der Waals surface area contributed by atoms with Crippen LogP contribution in [0.2, 0.25) is 0 Å². The zero-order valence-electron chi connectivity index (χ0n) is 16.7. The van der Waals surface area contributed by atoms with E-state index in [1.807, 2.05) is 59.3 Å². The third kappa shape index (κ3) is 3.13. The highest BCUT2D eigenvalue weighted by molar-refractivity contribution is 6.08. The van der Waals surface area contributed by atoms with Gasteiger partial charge in [-0.2, -0.15) is 0 Å². The number of carbonyl (C=O) groups is 2. The van der Waals surface area contributed by atoms with E-state index in [-0.39, 0.29) is 6.42 Å². The molecule has 0 spiro atoms. The van der Waals surface area contributed by atoms with E-state index in [0.29, 0.717) is 5.69 Å². The average molecular weight is 406 g/mol. The van der Waals surface area contributed by atoms with Crippen LogP contribution in [0.5, 0.6) is 0 Å². The number of esters is 2. The molecule has 1 saturated heterocycles. The summed E-state index contributed by atoms with van der Waals surface area (Å²) >= 11 is 0. The molecule has 1 aromatic heterocycles. The fourth-order valence-electron chi connectivity index (χ4n) is 3.83. The minimum absolute atomic E-state index is 0.0236. The van der Waals surface area contributed by atoms with Crippen molar-refractivity contribution in [1.29, 1.82) is 0 Å². The quantitative estimate of drug-likeness (QED) is 0.477. The molecular formula is C23H22N2O5. The van der Waals surface area contributed by atoms with Gasteiger partial charge < -0.3 is 14.0 Å². The van der Waals surface area contributed by atoms with E-state index in [1.165, 1.54) is 19.3 Å². The lowest BCUT2D eigenvalue weighted by Crippen LogP contribution is -2.57. The Morgan fingerprint density at radius 2 is 1.50 bits per heavy atom. The van der Waals surface area contributed by atoms with Crippen molar-refractivity contribution in [2.45, 2.75) is 18.2 Å². The molecule has 1 fully saturated rings. The predicted molar refractivity (Wildman–Crippen MR) is 110 cm³/mol. The molecule has 1 unspecified atom stereocenters. The monoisotopic (exact) mass is 406 g/mol. The summed E-state index contributed by atoms with van der Waals surface area (Å²) in [5.41, 5.74) is 0.669. The molecule has 2 aromatic carbocycles. The summed E-state index contributed by atoms with van der Waals surface area (Å²) in [7, 11) is 2.49. The van der Waals surface area contributed by atoms with E-state index in [4.69, 9.17) is 14.3 Å². The highest BCUT2D eigenvalue weighted by Gasteiger charge is 2.61. The topological polar surface area (TPSA) is 70.0 Å². The first-order valence-corrected chi connectivity index (χ1v) is 9.53. The maximum Gasteiger partial charge on any atom is 0.346 e. The van der Waals surface area contributed by atoms with Crippen LogP contribution in [0.4, 0.5) is 5.69 Å². The van der Waals surface area contributed by atoms with Crippen molar-refractivity contribution in [3.63, 3.8) is 0 Å². The van der Waals surface area contributed by atoms with Crippen LogP contribution in [0, 0.1) is 0 Å². The smallest absolute Gasteiger partial charge is 0.346 e. The minimum Gasteiger partial charge on any atom is -0.467 e. The first kappa shape index (κ1) is 19.7. The van der Waals surface area contributed by atoms with E-state index in [1.54, 1.807) is 24.3 Å². The van der Waals surface area contributed by atoms with E-state index in [2.05, 4.69) is 0 Å². The molecule has 0 aliphatic carbocycles. The number of methoxy groups -OCH3 is 2. The van der Waals surface area contributed by atoms with Gasteiger partial charge in [0.15, 0.2) is 6.23 Å². The fourth-order valence-corrected chi connectivity index (χ4v) is 3.83. The summed E-state index contributed by atoms with van der Waals surface area (Å²) in [4.78, 5) is 32.1. The van der Waals surface area contributed by atoms with Gasteiger partial charge in [-0.05, 0) is 29.8 Å². The molecule has 0 amide bonds. The van der Waals surface area contributed by atoms with E-state index in [0.717, 1.165) is 11.3 Å². The molecule has 30 heavy (non-hydrogen) atoms. The second-order valence-corrected chi connectivity index (χ2v) is 6.90. The van der Waals surface area contributed by atoms with Crippen LogP contribution in [0.25, 0.3) is 11.3 Å². The van der Waals surface area contributed by atoms with E-state index < -0.39 is 23.7 Å². The molecule has 0 radical (unpaired) electrons. The number of hydrogen-bond donors (Lipinski definition) is 0. The molecule has 0 saturated carbocycles. The van der Waals surface area contributed by atoms with Gasteiger partial charge in [-0.15, -0.1) is 0 Å². The second-order valence-electron chi connectivity index (χ2n) is 6.90. The van der Waals surface area contributed by atoms with Crippen molar-refractivity contribution in [2.75, 3.05) is 19.3 Å². The van der Waals surface area contributed by atoms with Crippen molar-refractivity contribution in [1.82, 2.24) is 4.57 Å². The minimum atomic E-state index is -1.77. The normalized spacial score (nSPS) is 17.5. The Hall–Kier alpha value is -3.58. The molecule has 4 rings (SSSR count). The predicted octanol–water partition coefficient (Wildman–Crippen LogP) is 3.58. The molecule has 2 heterocycles. The van der Waals surface area contributed by atoms with E-state index >= 15 is 0 Å². The third-order valence-electron chi connectivity index (χ3n) is 5.24. The molecule has 154 valence electrons. The zero-order chi connectivity index (χ0) is 21.1. The van der Waals surface area contributed by atoms with Gasteiger partial charge in [-0.25, -0.2) is 19.5 Å². The molecule has 7 nitrogen and oxygen atoms in total. The summed E-state index contributed by atoms with van der Waals surface area (Å²) in [5, 5.41) is 1.31. The number of hydroxylamine groups is 1. The Kier molecular flexibility index (Phi) is 5.29. The molecule has 0 N–H and O–H groups in total. The Bertz CT molecular complexity index is 1020. The second kappa shape index (κ2) is 8.04. The average Bonchev–Trinajstić information content (AvgIpc) is 3.45. The maximum absolute atomic E-state index is 12.9. The first-order chi connectivity index (χ1) is 14.6. The first-order valence-electron chi connectivity index (χ1n) is 9.53. The number of rotatable bonds is 5. The van der Waals surface area contributed by atoms with E-state index in [9.17, 15) is 9.59 Å². The third-order valence-corrected chi connectivity index (χ3v) is 5.24. The summed E-state index contributed by atoms with van der Waals surface area (Å²) < 4.78 is 11.9. The summed E-state index contributed by atoms with van der Waals surface area (Å²) in [6, 6.07) is 22.6. The number of hydrogen-bond acceptors (Lipinski definition) is 6. The van der Waals surface area contributed by atoms with Crippen LogP contribution in [-0.4, -0.2) is 36.3 Å². The van der Waals surface area contributed by atoms with Crippen molar-refractivity contribution < 1.29 is 23.9 Å². The lowest BCUT2D eigenvalue weighted by atomic mass is 9.94. The summed E-state index contributed by atoms with van der Waals surface area (Å²) in [5.74, 6) is -1.48. The van der Waals surface area contributed by atoms with Gasteiger partial charge in [0.25, 0.3) is 5.54 Å². The van der Waals surface area contributed by atoms with Crippen molar-refractivity contribution in [3.8, 4) is 11.3 Å². The standard InChI is InChI=1S/C23H22N2O5/c1-28-21(26)23(22(27)29-2)16-20(30-25(23)18-12-7-4-8-13-18)24-15-9-14-19(24)17-10-5-3-6-11-17/h3-15,20H,16H2,1-2H3. The number of aromatic nitrogens is 1. The Morgan fingerprint density at radius 1 is 0.900 bits per heavy atom. The lowest BCUT2D eigenvalue weighted by molar-refractivity contribution is -0.162. The van der Waals surface area contributed by atoms with Crippen LogP contribution < -0.4 is 5.06 Å². The Labute approximate surface area is 174 Å². The van der Waals surface area contributed by atoms with Gasteiger partial charge in [0.2, 0.25) is 0 Å². The molecule has 1 aliphatic heterocycles. The number of para-hydroxylation sites is 1. The highest BCUT2D eigenvalue weighted by atomic mass is 16.7.